The quantitative estimate of drug-likeness (QED) is 0.391. The fraction of sp³-hybridized carbons (Fsp3) is 0.400. The fourth-order valence-electron chi connectivity index (χ4n) is 0.900. The summed E-state index contributed by atoms with van der Waals surface area (Å²) in [6, 6.07) is 6.12. The Balaban J connectivity index is 2.50. The molecule has 0 aromatic carbocycles. The van der Waals surface area contributed by atoms with Crippen LogP contribution in [-0.2, 0) is 9.63 Å². The van der Waals surface area contributed by atoms with Crippen LogP contribution in [0.2, 0.25) is 0 Å². The minimum absolute atomic E-state index is 0.481. The van der Waals surface area contributed by atoms with E-state index in [0.717, 1.165) is 17.9 Å². The predicted octanol–water partition coefficient (Wildman–Crippen LogP) is 1.58. The first-order valence-electron chi connectivity index (χ1n) is 4.58. The third kappa shape index (κ3) is 3.14. The SMILES string of the molecule is CCCCON(C=O)c1cc[c]cn1. The Morgan fingerprint density at radius 2 is 2.57 bits per heavy atom. The van der Waals surface area contributed by atoms with Crippen molar-refractivity contribution < 1.29 is 9.63 Å². The van der Waals surface area contributed by atoms with Gasteiger partial charge in [0.25, 0.3) is 0 Å². The van der Waals surface area contributed by atoms with Crippen LogP contribution < -0.4 is 5.06 Å². The highest BCUT2D eigenvalue weighted by Crippen LogP contribution is 2.07. The molecule has 0 aliphatic carbocycles. The van der Waals surface area contributed by atoms with Crippen molar-refractivity contribution in [2.75, 3.05) is 11.7 Å². The van der Waals surface area contributed by atoms with Crippen molar-refractivity contribution >= 4 is 12.2 Å². The number of hydroxylamine groups is 1. The number of carbonyl (C=O) groups excluding carboxylic acids is 1. The van der Waals surface area contributed by atoms with Crippen molar-refractivity contribution in [3.8, 4) is 0 Å². The monoisotopic (exact) mass is 193 g/mol. The number of hydrogen-bond acceptors (Lipinski definition) is 3. The summed E-state index contributed by atoms with van der Waals surface area (Å²) < 4.78 is 0. The van der Waals surface area contributed by atoms with Crippen molar-refractivity contribution in [1.82, 2.24) is 4.98 Å². The maximum atomic E-state index is 10.7. The van der Waals surface area contributed by atoms with Crippen LogP contribution in [0.1, 0.15) is 19.8 Å². The van der Waals surface area contributed by atoms with Gasteiger partial charge in [-0.25, -0.2) is 4.98 Å². The van der Waals surface area contributed by atoms with E-state index in [0.29, 0.717) is 18.8 Å². The Morgan fingerprint density at radius 1 is 1.71 bits per heavy atom. The standard InChI is InChI=1S/C10H13N2O2/c1-2-3-8-14-12(9-13)10-6-4-5-7-11-10/h4,6-7,9H,2-3,8H2,1H3. The van der Waals surface area contributed by atoms with Gasteiger partial charge in [-0.15, -0.1) is 0 Å². The van der Waals surface area contributed by atoms with E-state index in [4.69, 9.17) is 4.84 Å². The third-order valence-electron chi connectivity index (χ3n) is 1.65. The normalized spacial score (nSPS) is 9.79. The van der Waals surface area contributed by atoms with Crippen LogP contribution >= 0.6 is 0 Å². The van der Waals surface area contributed by atoms with Gasteiger partial charge in [0.2, 0.25) is 6.41 Å². The van der Waals surface area contributed by atoms with Gasteiger partial charge in [-0.3, -0.25) is 9.63 Å². The van der Waals surface area contributed by atoms with Gasteiger partial charge in [-0.05, 0) is 18.6 Å². The zero-order valence-electron chi connectivity index (χ0n) is 8.14. The average molecular weight is 193 g/mol. The molecule has 0 saturated heterocycles. The Morgan fingerprint density at radius 3 is 3.14 bits per heavy atom. The van der Waals surface area contributed by atoms with E-state index in [1.807, 2.05) is 0 Å². The second kappa shape index (κ2) is 6.10. The topological polar surface area (TPSA) is 42.4 Å². The fourth-order valence-corrected chi connectivity index (χ4v) is 0.900. The van der Waals surface area contributed by atoms with Crippen molar-refractivity contribution in [1.29, 1.82) is 0 Å². The van der Waals surface area contributed by atoms with E-state index in [1.165, 1.54) is 6.20 Å². The number of hydrogen-bond donors (Lipinski definition) is 0. The van der Waals surface area contributed by atoms with Gasteiger partial charge < -0.3 is 0 Å². The molecule has 75 valence electrons. The maximum Gasteiger partial charge on any atom is 0.239 e. The molecule has 0 fully saturated rings. The van der Waals surface area contributed by atoms with Gasteiger partial charge >= 0.3 is 0 Å². The highest BCUT2D eigenvalue weighted by molar-refractivity contribution is 5.69. The van der Waals surface area contributed by atoms with E-state index >= 15 is 0 Å². The van der Waals surface area contributed by atoms with Crippen LogP contribution in [0, 0.1) is 6.07 Å². The summed E-state index contributed by atoms with van der Waals surface area (Å²) >= 11 is 0. The second-order valence-corrected chi connectivity index (χ2v) is 2.73. The molecule has 0 unspecified atom stereocenters. The van der Waals surface area contributed by atoms with E-state index in [1.54, 1.807) is 12.1 Å². The first-order valence-corrected chi connectivity index (χ1v) is 4.58. The third-order valence-corrected chi connectivity index (χ3v) is 1.65. The molecule has 1 aromatic rings. The van der Waals surface area contributed by atoms with Crippen molar-refractivity contribution in [2.45, 2.75) is 19.8 Å². The number of nitrogens with zero attached hydrogens (tertiary/aromatic N) is 2. The number of amides is 1. The average Bonchev–Trinajstić information content (AvgIpc) is 2.26. The summed E-state index contributed by atoms with van der Waals surface area (Å²) in [4.78, 5) is 19.8. The van der Waals surface area contributed by atoms with E-state index in [2.05, 4.69) is 18.0 Å². The molecule has 0 saturated carbocycles. The zero-order valence-corrected chi connectivity index (χ0v) is 8.14. The number of pyridine rings is 1. The highest BCUT2D eigenvalue weighted by Gasteiger charge is 2.05. The number of carbonyl (C=O) groups is 1. The van der Waals surface area contributed by atoms with Gasteiger partial charge in [-0.1, -0.05) is 13.3 Å². The summed E-state index contributed by atoms with van der Waals surface area (Å²) in [5.74, 6) is 0.481. The number of anilines is 1. The molecule has 1 heterocycles. The molecular weight excluding hydrogens is 180 g/mol. The largest absolute Gasteiger partial charge is 0.276 e. The van der Waals surface area contributed by atoms with E-state index in [-0.39, 0.29) is 0 Å². The Bertz CT molecular complexity index is 264. The Hall–Kier alpha value is -1.42. The molecule has 0 spiro atoms. The second-order valence-electron chi connectivity index (χ2n) is 2.73. The van der Waals surface area contributed by atoms with Gasteiger partial charge in [-0.2, -0.15) is 5.06 Å². The highest BCUT2D eigenvalue weighted by atomic mass is 16.7. The van der Waals surface area contributed by atoms with Crippen LogP contribution in [0.3, 0.4) is 0 Å². The van der Waals surface area contributed by atoms with Crippen LogP contribution in [-0.4, -0.2) is 18.0 Å². The smallest absolute Gasteiger partial charge is 0.239 e. The lowest BCUT2D eigenvalue weighted by Gasteiger charge is -2.14. The molecule has 4 nitrogen and oxygen atoms in total. The first-order chi connectivity index (χ1) is 6.88. The minimum Gasteiger partial charge on any atom is -0.276 e. The summed E-state index contributed by atoms with van der Waals surface area (Å²) in [6.45, 7) is 2.58. The molecule has 0 atom stereocenters. The van der Waals surface area contributed by atoms with Crippen molar-refractivity contribution in [2.24, 2.45) is 0 Å². The van der Waals surface area contributed by atoms with Gasteiger partial charge in [0.1, 0.15) is 0 Å². The van der Waals surface area contributed by atoms with Crippen LogP contribution in [0.25, 0.3) is 0 Å². The molecule has 0 aliphatic heterocycles. The van der Waals surface area contributed by atoms with Gasteiger partial charge in [0.05, 0.1) is 6.61 Å². The molecule has 4 heteroatoms. The molecule has 0 bridgehead atoms. The van der Waals surface area contributed by atoms with Crippen LogP contribution in [0.4, 0.5) is 5.82 Å². The van der Waals surface area contributed by atoms with E-state index in [9.17, 15) is 4.79 Å². The van der Waals surface area contributed by atoms with Crippen LogP contribution in [0.15, 0.2) is 18.3 Å². The van der Waals surface area contributed by atoms with Gasteiger partial charge in [0, 0.05) is 12.3 Å². The molecule has 0 aliphatic rings. The number of aromatic nitrogens is 1. The lowest BCUT2D eigenvalue weighted by Crippen LogP contribution is -2.22. The molecule has 0 N–H and O–H groups in total. The summed E-state index contributed by atoms with van der Waals surface area (Å²) in [7, 11) is 0. The molecule has 1 aromatic heterocycles. The molecule has 1 amide bonds. The Labute approximate surface area is 83.5 Å². The maximum absolute atomic E-state index is 10.7. The minimum atomic E-state index is 0.481. The van der Waals surface area contributed by atoms with Crippen LogP contribution in [0.5, 0.6) is 0 Å². The Kier molecular flexibility index (Phi) is 4.64. The molecule has 1 rings (SSSR count). The first kappa shape index (κ1) is 10.7. The van der Waals surface area contributed by atoms with Gasteiger partial charge in [0.15, 0.2) is 5.82 Å². The summed E-state index contributed by atoms with van der Waals surface area (Å²) in [6.07, 6.45) is 4.05. The number of unbranched alkanes of at least 4 members (excludes halogenated alkanes) is 1. The lowest BCUT2D eigenvalue weighted by molar-refractivity contribution is -0.114. The lowest BCUT2D eigenvalue weighted by atomic mass is 10.4. The predicted molar refractivity (Wildman–Crippen MR) is 52.5 cm³/mol. The molecule has 1 radical (unpaired) electrons. The molecular formula is C10H13N2O2. The molecule has 14 heavy (non-hydrogen) atoms. The van der Waals surface area contributed by atoms with E-state index < -0.39 is 0 Å². The van der Waals surface area contributed by atoms with Crippen molar-refractivity contribution in [3.05, 3.63) is 24.4 Å². The number of rotatable bonds is 6. The summed E-state index contributed by atoms with van der Waals surface area (Å²) in [5.41, 5.74) is 0. The zero-order chi connectivity index (χ0) is 10.2. The van der Waals surface area contributed by atoms with Crippen molar-refractivity contribution in [3.63, 3.8) is 0 Å². The summed E-state index contributed by atoms with van der Waals surface area (Å²) in [5, 5.41) is 1.13.